The lowest BCUT2D eigenvalue weighted by Gasteiger charge is -2.08. The summed E-state index contributed by atoms with van der Waals surface area (Å²) in [6.45, 7) is 4.05. The first kappa shape index (κ1) is 16.1. The van der Waals surface area contributed by atoms with Crippen molar-refractivity contribution < 1.29 is 12.8 Å². The monoisotopic (exact) mass is 372 g/mol. The van der Waals surface area contributed by atoms with Gasteiger partial charge >= 0.3 is 0 Å². The molecule has 0 radical (unpaired) electrons. The Balaban J connectivity index is 2.31. The molecule has 0 aliphatic carbocycles. The Bertz CT molecular complexity index is 754. The number of hydrogen-bond acceptors (Lipinski definition) is 4. The van der Waals surface area contributed by atoms with Crippen molar-refractivity contribution in [3.8, 4) is 0 Å². The van der Waals surface area contributed by atoms with Crippen molar-refractivity contribution in [1.29, 1.82) is 0 Å². The molecule has 0 saturated heterocycles. The zero-order valence-electron chi connectivity index (χ0n) is 12.0. The van der Waals surface area contributed by atoms with Gasteiger partial charge in [0.25, 0.3) is 10.0 Å². The van der Waals surface area contributed by atoms with Crippen molar-refractivity contribution in [3.05, 3.63) is 45.8 Å². The summed E-state index contributed by atoms with van der Waals surface area (Å²) in [6, 6.07) is 6.84. The van der Waals surface area contributed by atoms with Gasteiger partial charge in [0.2, 0.25) is 0 Å². The molecule has 0 fully saturated rings. The Hall–Kier alpha value is -1.31. The second kappa shape index (κ2) is 6.21. The van der Waals surface area contributed by atoms with E-state index in [4.69, 9.17) is 4.42 Å². The molecule has 0 spiro atoms. The highest BCUT2D eigenvalue weighted by molar-refractivity contribution is 9.10. The molecule has 1 aromatic carbocycles. The van der Waals surface area contributed by atoms with Gasteiger partial charge in [-0.3, -0.25) is 4.72 Å². The quantitative estimate of drug-likeness (QED) is 0.845. The lowest BCUT2D eigenvalue weighted by Crippen LogP contribution is -2.13. The molecule has 2 N–H and O–H groups in total. The van der Waals surface area contributed by atoms with Crippen molar-refractivity contribution >= 4 is 31.6 Å². The summed E-state index contributed by atoms with van der Waals surface area (Å²) in [5.41, 5.74) is 1.54. The van der Waals surface area contributed by atoms with E-state index in [-0.39, 0.29) is 4.90 Å². The number of aryl methyl sites for hydroxylation is 2. The fraction of sp³-hybridized carbons (Fsp3) is 0.286. The molecule has 2 aromatic rings. The van der Waals surface area contributed by atoms with E-state index in [1.807, 2.05) is 13.0 Å². The number of furan rings is 1. The van der Waals surface area contributed by atoms with E-state index in [0.29, 0.717) is 23.8 Å². The highest BCUT2D eigenvalue weighted by Crippen LogP contribution is 2.25. The van der Waals surface area contributed by atoms with E-state index in [1.165, 1.54) is 6.07 Å². The summed E-state index contributed by atoms with van der Waals surface area (Å²) in [5.74, 6) is 0.958. The third-order valence-corrected chi connectivity index (χ3v) is 5.33. The van der Waals surface area contributed by atoms with Crippen LogP contribution in [-0.2, 0) is 16.6 Å². The van der Waals surface area contributed by atoms with Crippen molar-refractivity contribution in [2.75, 3.05) is 11.8 Å². The van der Waals surface area contributed by atoms with Gasteiger partial charge in [0.05, 0.1) is 6.54 Å². The molecular weight excluding hydrogens is 356 g/mol. The lowest BCUT2D eigenvalue weighted by atomic mass is 10.2. The summed E-state index contributed by atoms with van der Waals surface area (Å²) in [7, 11) is -1.89. The molecule has 0 bridgehead atoms. The molecule has 0 saturated carbocycles. The second-order valence-electron chi connectivity index (χ2n) is 4.73. The number of rotatable bonds is 5. The number of nitrogens with one attached hydrogen (secondary N) is 2. The Morgan fingerprint density at radius 2 is 1.95 bits per heavy atom. The third kappa shape index (κ3) is 3.66. The smallest absolute Gasteiger partial charge is 0.265 e. The largest absolute Gasteiger partial charge is 0.464 e. The summed E-state index contributed by atoms with van der Waals surface area (Å²) < 4.78 is 33.7. The minimum atomic E-state index is -3.66. The van der Waals surface area contributed by atoms with Crippen LogP contribution in [0.3, 0.4) is 0 Å². The summed E-state index contributed by atoms with van der Waals surface area (Å²) >= 11 is 3.39. The van der Waals surface area contributed by atoms with Crippen LogP contribution in [0.4, 0.5) is 5.69 Å². The molecule has 0 unspecified atom stereocenters. The molecule has 1 heterocycles. The highest BCUT2D eigenvalue weighted by atomic mass is 79.9. The Kier molecular flexibility index (Phi) is 4.75. The van der Waals surface area contributed by atoms with Crippen LogP contribution in [0.15, 0.2) is 38.1 Å². The normalized spacial score (nSPS) is 11.6. The molecule has 114 valence electrons. The Morgan fingerprint density at radius 3 is 2.57 bits per heavy atom. The van der Waals surface area contributed by atoms with Crippen LogP contribution in [0.2, 0.25) is 0 Å². The van der Waals surface area contributed by atoms with Gasteiger partial charge in [-0.2, -0.15) is 0 Å². The molecule has 0 amide bonds. The number of sulfonamides is 1. The van der Waals surface area contributed by atoms with Gasteiger partial charge in [-0.15, -0.1) is 0 Å². The molecule has 21 heavy (non-hydrogen) atoms. The molecule has 5 nitrogen and oxygen atoms in total. The standard InChI is InChI=1S/C14H17BrN2O3S/c1-9-4-5-11(6-13(9)15)17-21(18,19)14-7-12(8-16-3)20-10(14)2/h4-7,16-17H,8H2,1-3H3. The number of benzene rings is 1. The first-order valence-electron chi connectivity index (χ1n) is 6.36. The second-order valence-corrected chi connectivity index (χ2v) is 7.24. The van der Waals surface area contributed by atoms with Crippen LogP contribution in [-0.4, -0.2) is 15.5 Å². The van der Waals surface area contributed by atoms with Crippen molar-refractivity contribution in [3.63, 3.8) is 0 Å². The summed E-state index contributed by atoms with van der Waals surface area (Å²) in [4.78, 5) is 0.157. The molecule has 1 aromatic heterocycles. The van der Waals surface area contributed by atoms with Crippen molar-refractivity contribution in [2.45, 2.75) is 25.3 Å². The van der Waals surface area contributed by atoms with Gasteiger partial charge < -0.3 is 9.73 Å². The van der Waals surface area contributed by atoms with Crippen LogP contribution in [0, 0.1) is 13.8 Å². The lowest BCUT2D eigenvalue weighted by molar-refractivity contribution is 0.466. The SMILES string of the molecule is CNCc1cc(S(=O)(=O)Nc2ccc(C)c(Br)c2)c(C)o1. The number of hydrogen-bond donors (Lipinski definition) is 2. The van der Waals surface area contributed by atoms with Crippen LogP contribution in [0.1, 0.15) is 17.1 Å². The fourth-order valence-corrected chi connectivity index (χ4v) is 3.55. The van der Waals surface area contributed by atoms with Crippen molar-refractivity contribution in [1.82, 2.24) is 5.32 Å². The van der Waals surface area contributed by atoms with Gasteiger partial charge in [-0.1, -0.05) is 22.0 Å². The van der Waals surface area contributed by atoms with E-state index < -0.39 is 10.0 Å². The molecule has 2 rings (SSSR count). The molecular formula is C14H17BrN2O3S. The van der Waals surface area contributed by atoms with Gasteiger partial charge in [0.15, 0.2) is 0 Å². The maximum Gasteiger partial charge on any atom is 0.265 e. The van der Waals surface area contributed by atoms with Crippen LogP contribution in [0.25, 0.3) is 0 Å². The van der Waals surface area contributed by atoms with E-state index in [9.17, 15) is 8.42 Å². The minimum Gasteiger partial charge on any atom is -0.464 e. The zero-order valence-corrected chi connectivity index (χ0v) is 14.4. The van der Waals surface area contributed by atoms with Crippen LogP contribution < -0.4 is 10.0 Å². The first-order chi connectivity index (χ1) is 9.83. The van der Waals surface area contributed by atoms with E-state index in [2.05, 4.69) is 26.0 Å². The highest BCUT2D eigenvalue weighted by Gasteiger charge is 2.21. The number of anilines is 1. The predicted molar refractivity (Wildman–Crippen MR) is 85.9 cm³/mol. The minimum absolute atomic E-state index is 0.157. The van der Waals surface area contributed by atoms with Crippen LogP contribution in [0.5, 0.6) is 0 Å². The maximum atomic E-state index is 12.4. The van der Waals surface area contributed by atoms with E-state index >= 15 is 0 Å². The molecule has 0 aliphatic heterocycles. The molecule has 0 aliphatic rings. The Morgan fingerprint density at radius 1 is 1.24 bits per heavy atom. The third-order valence-electron chi connectivity index (χ3n) is 2.99. The molecule has 0 atom stereocenters. The van der Waals surface area contributed by atoms with Crippen molar-refractivity contribution in [2.24, 2.45) is 0 Å². The number of halogens is 1. The van der Waals surface area contributed by atoms with E-state index in [1.54, 1.807) is 26.1 Å². The van der Waals surface area contributed by atoms with Gasteiger partial charge in [-0.05, 0) is 38.6 Å². The summed E-state index contributed by atoms with van der Waals surface area (Å²) in [5, 5.41) is 2.92. The van der Waals surface area contributed by atoms with Gasteiger partial charge in [-0.25, -0.2) is 8.42 Å². The average Bonchev–Trinajstić information content (AvgIpc) is 2.76. The summed E-state index contributed by atoms with van der Waals surface area (Å²) in [6.07, 6.45) is 0. The maximum absolute atomic E-state index is 12.4. The van der Waals surface area contributed by atoms with Crippen LogP contribution >= 0.6 is 15.9 Å². The van der Waals surface area contributed by atoms with Gasteiger partial charge in [0, 0.05) is 16.2 Å². The predicted octanol–water partition coefficient (Wildman–Crippen LogP) is 3.18. The first-order valence-corrected chi connectivity index (χ1v) is 8.64. The molecule has 7 heteroatoms. The average molecular weight is 373 g/mol. The zero-order chi connectivity index (χ0) is 15.6. The van der Waals surface area contributed by atoms with Gasteiger partial charge in [0.1, 0.15) is 16.4 Å². The van der Waals surface area contributed by atoms with E-state index in [0.717, 1.165) is 10.0 Å². The topological polar surface area (TPSA) is 71.3 Å². The fourth-order valence-electron chi connectivity index (χ4n) is 1.92. The Labute approximate surface area is 132 Å².